The smallest absolute Gasteiger partial charge is 0.497 e. The van der Waals surface area contributed by atoms with Crippen LogP contribution in [0.25, 0.3) is 22.6 Å². The van der Waals surface area contributed by atoms with Crippen molar-refractivity contribution in [2.75, 3.05) is 24.3 Å². The van der Waals surface area contributed by atoms with E-state index in [-0.39, 0.29) is 17.2 Å². The van der Waals surface area contributed by atoms with E-state index in [2.05, 4.69) is 45.0 Å². The van der Waals surface area contributed by atoms with E-state index in [1.165, 1.54) is 53.2 Å². The number of nitriles is 1. The highest BCUT2D eigenvalue weighted by molar-refractivity contribution is 8.14. The van der Waals surface area contributed by atoms with Gasteiger partial charge in [-0.25, -0.2) is 14.5 Å². The van der Waals surface area contributed by atoms with Crippen LogP contribution in [0.5, 0.6) is 11.5 Å². The van der Waals surface area contributed by atoms with Gasteiger partial charge in [0, 0.05) is 35.8 Å². The van der Waals surface area contributed by atoms with Crippen molar-refractivity contribution < 1.29 is 27.4 Å². The third-order valence-electron chi connectivity index (χ3n) is 6.87. The first kappa shape index (κ1) is 32.1. The number of aromatic nitrogens is 3. The summed E-state index contributed by atoms with van der Waals surface area (Å²) in [6.45, 7) is 4.89. The molecule has 1 saturated heterocycles. The SMILES string of the molecule is COc1ccc(C(C)C)c(N2CCS/C2=N\C(=O)N/C=C(\C#N)c2ccc(-c3ncn(-c4ccc(OC(F)(F)F)cc4)n3)cc2)c1. The van der Waals surface area contributed by atoms with Gasteiger partial charge in [0.15, 0.2) is 11.0 Å². The lowest BCUT2D eigenvalue weighted by Gasteiger charge is -2.23. The molecular formula is C32H28F3N7O3S. The molecule has 1 N–H and O–H groups in total. The molecule has 3 aromatic carbocycles. The van der Waals surface area contributed by atoms with Crippen molar-refractivity contribution in [2.45, 2.75) is 26.1 Å². The molecule has 0 saturated carbocycles. The molecule has 2 heterocycles. The monoisotopic (exact) mass is 647 g/mol. The van der Waals surface area contributed by atoms with Crippen molar-refractivity contribution in [1.82, 2.24) is 20.1 Å². The van der Waals surface area contributed by atoms with E-state index < -0.39 is 12.4 Å². The van der Waals surface area contributed by atoms with Crippen LogP contribution in [0.3, 0.4) is 0 Å². The van der Waals surface area contributed by atoms with Crippen LogP contribution in [0, 0.1) is 11.3 Å². The number of alkyl halides is 3. The molecule has 1 aliphatic heterocycles. The number of amides is 2. The summed E-state index contributed by atoms with van der Waals surface area (Å²) in [5.41, 5.74) is 3.94. The Morgan fingerprint density at radius 2 is 1.83 bits per heavy atom. The van der Waals surface area contributed by atoms with Crippen LogP contribution < -0.4 is 19.7 Å². The van der Waals surface area contributed by atoms with E-state index in [1.807, 2.05) is 23.1 Å². The number of allylic oxidation sites excluding steroid dienone is 1. The Morgan fingerprint density at radius 1 is 1.11 bits per heavy atom. The number of carbonyl (C=O) groups excluding carboxylic acids is 1. The van der Waals surface area contributed by atoms with E-state index >= 15 is 0 Å². The minimum atomic E-state index is -4.78. The number of ether oxygens (including phenoxy) is 2. The number of amidine groups is 1. The molecule has 1 aromatic heterocycles. The maximum absolute atomic E-state index is 12.8. The van der Waals surface area contributed by atoms with E-state index in [1.54, 1.807) is 31.4 Å². The Hall–Kier alpha value is -5.29. The van der Waals surface area contributed by atoms with Gasteiger partial charge in [-0.1, -0.05) is 55.9 Å². The Bertz CT molecular complexity index is 1810. The second kappa shape index (κ2) is 13.8. The van der Waals surface area contributed by atoms with Crippen molar-refractivity contribution in [1.29, 1.82) is 5.26 Å². The van der Waals surface area contributed by atoms with Gasteiger partial charge in [0.2, 0.25) is 0 Å². The number of nitrogens with zero attached hydrogens (tertiary/aromatic N) is 6. The molecule has 0 aliphatic carbocycles. The number of aliphatic imine (C=N–C) groups is 1. The van der Waals surface area contributed by atoms with Crippen molar-refractivity contribution in [3.63, 3.8) is 0 Å². The number of hydrogen-bond acceptors (Lipinski definition) is 7. The molecule has 46 heavy (non-hydrogen) atoms. The standard InChI is InChI=1S/C32H28F3N7O3S/c1-20(2)27-13-12-26(44-3)16-28(27)41-14-15-46-31(41)39-30(43)37-18-23(17-36)21-4-6-22(7-5-21)29-38-19-42(40-29)24-8-10-25(11-9-24)45-32(33,34)35/h4-13,16,18-20H,14-15H2,1-3H3,(H,37,43)/b23-18+,39-31-. The normalized spacial score (nSPS) is 14.4. The van der Waals surface area contributed by atoms with Crippen molar-refractivity contribution in [3.05, 3.63) is 90.4 Å². The van der Waals surface area contributed by atoms with Gasteiger partial charge < -0.3 is 19.7 Å². The second-order valence-corrected chi connectivity index (χ2v) is 11.3. The van der Waals surface area contributed by atoms with E-state index in [9.17, 15) is 23.2 Å². The number of methoxy groups -OCH3 is 1. The minimum absolute atomic E-state index is 0.213. The summed E-state index contributed by atoms with van der Waals surface area (Å²) in [5.74, 6) is 1.75. The minimum Gasteiger partial charge on any atom is -0.497 e. The van der Waals surface area contributed by atoms with Crippen LogP contribution in [-0.2, 0) is 0 Å². The Labute approximate surface area is 267 Å². The zero-order valence-corrected chi connectivity index (χ0v) is 25.8. The molecular weight excluding hydrogens is 619 g/mol. The van der Waals surface area contributed by atoms with E-state index in [0.29, 0.717) is 40.1 Å². The summed E-state index contributed by atoms with van der Waals surface area (Å²) < 4.78 is 48.0. The third kappa shape index (κ3) is 7.67. The fraction of sp³-hybridized carbons (Fsp3) is 0.219. The molecule has 0 spiro atoms. The highest BCUT2D eigenvalue weighted by Gasteiger charge is 2.31. The molecule has 0 atom stereocenters. The molecule has 4 aromatic rings. The van der Waals surface area contributed by atoms with Crippen LogP contribution in [0.1, 0.15) is 30.9 Å². The number of thioether (sulfide) groups is 1. The largest absolute Gasteiger partial charge is 0.573 e. The first-order valence-corrected chi connectivity index (χ1v) is 15.0. The van der Waals surface area contributed by atoms with E-state index in [0.717, 1.165) is 17.0 Å². The van der Waals surface area contributed by atoms with Gasteiger partial charge in [-0.05, 0) is 47.4 Å². The van der Waals surface area contributed by atoms with Gasteiger partial charge in [0.05, 0.1) is 18.4 Å². The molecule has 5 rings (SSSR count). The fourth-order valence-electron chi connectivity index (χ4n) is 4.64. The van der Waals surface area contributed by atoms with Gasteiger partial charge >= 0.3 is 12.4 Å². The summed E-state index contributed by atoms with van der Waals surface area (Å²) in [6, 6.07) is 19.4. The van der Waals surface area contributed by atoms with Crippen molar-refractivity contribution in [2.24, 2.45) is 4.99 Å². The van der Waals surface area contributed by atoms with Gasteiger partial charge in [0.25, 0.3) is 0 Å². The lowest BCUT2D eigenvalue weighted by atomic mass is 10.00. The molecule has 2 amide bonds. The van der Waals surface area contributed by atoms with Crippen LogP contribution >= 0.6 is 11.8 Å². The highest BCUT2D eigenvalue weighted by atomic mass is 32.2. The molecule has 236 valence electrons. The summed E-state index contributed by atoms with van der Waals surface area (Å²) in [7, 11) is 1.61. The zero-order chi connectivity index (χ0) is 32.8. The highest BCUT2D eigenvalue weighted by Crippen LogP contribution is 2.35. The number of urea groups is 1. The summed E-state index contributed by atoms with van der Waals surface area (Å²) in [5, 5.41) is 17.3. The summed E-state index contributed by atoms with van der Waals surface area (Å²) >= 11 is 1.47. The number of nitrogens with one attached hydrogen (secondary N) is 1. The Kier molecular flexibility index (Phi) is 9.62. The summed E-state index contributed by atoms with van der Waals surface area (Å²) in [4.78, 5) is 23.4. The molecule has 1 aliphatic rings. The zero-order valence-electron chi connectivity index (χ0n) is 24.9. The predicted molar refractivity (Wildman–Crippen MR) is 170 cm³/mol. The predicted octanol–water partition coefficient (Wildman–Crippen LogP) is 7.15. The number of benzene rings is 3. The number of carbonyl (C=O) groups is 1. The molecule has 0 bridgehead atoms. The molecule has 14 heteroatoms. The van der Waals surface area contributed by atoms with Gasteiger partial charge in [-0.15, -0.1) is 18.3 Å². The third-order valence-corrected chi connectivity index (χ3v) is 7.82. The Morgan fingerprint density at radius 3 is 2.48 bits per heavy atom. The maximum Gasteiger partial charge on any atom is 0.573 e. The average molecular weight is 648 g/mol. The quantitative estimate of drug-likeness (QED) is 0.201. The average Bonchev–Trinajstić information content (AvgIpc) is 3.71. The fourth-order valence-corrected chi connectivity index (χ4v) is 5.59. The van der Waals surface area contributed by atoms with Crippen LogP contribution in [0.4, 0.5) is 23.7 Å². The number of halogens is 3. The van der Waals surface area contributed by atoms with Crippen LogP contribution in [0.2, 0.25) is 0 Å². The first-order chi connectivity index (χ1) is 22.0. The van der Waals surface area contributed by atoms with Gasteiger partial charge in [-0.2, -0.15) is 10.3 Å². The van der Waals surface area contributed by atoms with Crippen molar-refractivity contribution >= 4 is 34.2 Å². The van der Waals surface area contributed by atoms with E-state index in [4.69, 9.17) is 4.74 Å². The second-order valence-electron chi connectivity index (χ2n) is 10.2. The molecule has 1 fully saturated rings. The van der Waals surface area contributed by atoms with Crippen LogP contribution in [0.15, 0.2) is 84.2 Å². The van der Waals surface area contributed by atoms with Crippen molar-refractivity contribution in [3.8, 4) is 34.6 Å². The molecule has 0 unspecified atom stereocenters. The maximum atomic E-state index is 12.8. The van der Waals surface area contributed by atoms with Gasteiger partial charge in [0.1, 0.15) is 23.9 Å². The topological polar surface area (TPSA) is 118 Å². The molecule has 10 nitrogen and oxygen atoms in total. The molecule has 0 radical (unpaired) electrons. The number of anilines is 1. The summed E-state index contributed by atoms with van der Waals surface area (Å²) in [6.07, 6.45) is -2.03. The number of rotatable bonds is 8. The Balaban J connectivity index is 1.26. The number of hydrogen-bond donors (Lipinski definition) is 1. The first-order valence-electron chi connectivity index (χ1n) is 14.0. The van der Waals surface area contributed by atoms with Gasteiger partial charge in [-0.3, -0.25) is 0 Å². The van der Waals surface area contributed by atoms with Crippen LogP contribution in [-0.4, -0.2) is 51.7 Å². The lowest BCUT2D eigenvalue weighted by Crippen LogP contribution is -2.27. The lowest BCUT2D eigenvalue weighted by molar-refractivity contribution is -0.274.